The van der Waals surface area contributed by atoms with E-state index in [0.717, 1.165) is 6.20 Å². The zero-order valence-electron chi connectivity index (χ0n) is 14.3. The van der Waals surface area contributed by atoms with Gasteiger partial charge in [-0.05, 0) is 18.2 Å². The molecule has 0 fully saturated rings. The molecule has 0 radical (unpaired) electrons. The fourth-order valence-electron chi connectivity index (χ4n) is 1.41. The van der Waals surface area contributed by atoms with Crippen molar-refractivity contribution < 1.29 is 34.9 Å². The first-order valence-corrected chi connectivity index (χ1v) is 6.65. The summed E-state index contributed by atoms with van der Waals surface area (Å²) in [6, 6.07) is 5.98. The van der Waals surface area contributed by atoms with Crippen LogP contribution >= 0.6 is 0 Å². The molecule has 0 saturated carbocycles. The van der Waals surface area contributed by atoms with Gasteiger partial charge in [-0.15, -0.1) is 0 Å². The summed E-state index contributed by atoms with van der Waals surface area (Å²) in [5, 5.41) is 15.1. The molecule has 2 heterocycles. The third kappa shape index (κ3) is 12.1. The van der Waals surface area contributed by atoms with Gasteiger partial charge in [0.25, 0.3) is 5.69 Å². The van der Waals surface area contributed by atoms with Gasteiger partial charge in [0.2, 0.25) is 11.8 Å². The second-order valence-corrected chi connectivity index (χ2v) is 4.50. The molecule has 0 aromatic carbocycles. The van der Waals surface area contributed by atoms with Crippen molar-refractivity contribution in [1.82, 2.24) is 9.97 Å². The largest absolute Gasteiger partial charge is 0.397 e. The first-order chi connectivity index (χ1) is 11.3. The number of anilines is 3. The molecule has 0 aliphatic heterocycles. The average molecular weight is 470 g/mol. The Morgan fingerprint density at radius 1 is 1.00 bits per heavy atom. The number of carbonyl (C=O) groups excluding carboxylic acids is 2. The van der Waals surface area contributed by atoms with E-state index in [-0.39, 0.29) is 52.8 Å². The van der Waals surface area contributed by atoms with Gasteiger partial charge in [0.1, 0.15) is 17.8 Å². The van der Waals surface area contributed by atoms with Gasteiger partial charge in [0.15, 0.2) is 0 Å². The van der Waals surface area contributed by atoms with Gasteiger partial charge in [-0.1, -0.05) is 7.43 Å². The Bertz CT molecular complexity index is 723. The number of aromatic nitrogens is 2. The van der Waals surface area contributed by atoms with Crippen LogP contribution in [0.5, 0.6) is 0 Å². The maximum Gasteiger partial charge on any atom is 0.287 e. The van der Waals surface area contributed by atoms with Crippen LogP contribution in [-0.4, -0.2) is 26.7 Å². The summed E-state index contributed by atoms with van der Waals surface area (Å²) in [4.78, 5) is 38.3. The first kappa shape index (κ1) is 28.9. The van der Waals surface area contributed by atoms with E-state index < -0.39 is 4.92 Å². The van der Waals surface area contributed by atoms with Gasteiger partial charge < -0.3 is 23.8 Å². The van der Waals surface area contributed by atoms with Gasteiger partial charge in [-0.3, -0.25) is 19.7 Å². The molecule has 0 aliphatic rings. The zero-order chi connectivity index (χ0) is 18.1. The number of amides is 2. The molecule has 0 aliphatic carbocycles. The van der Waals surface area contributed by atoms with Crippen LogP contribution in [-0.2, 0) is 30.0 Å². The van der Waals surface area contributed by atoms with E-state index in [2.05, 4.69) is 20.6 Å². The Balaban J connectivity index is -0.000000388. The summed E-state index contributed by atoms with van der Waals surface area (Å²) in [5.74, 6) is 0.424. The Morgan fingerprint density at radius 2 is 1.44 bits per heavy atom. The minimum atomic E-state index is -0.551. The third-order valence-electron chi connectivity index (χ3n) is 2.35. The molecule has 0 saturated heterocycles. The van der Waals surface area contributed by atoms with E-state index in [4.69, 9.17) is 5.73 Å². The fraction of sp³-hybridized carbons (Fsp3) is 0.188. The van der Waals surface area contributed by atoms with Crippen molar-refractivity contribution in [2.45, 2.75) is 21.3 Å². The molecule has 2 aromatic rings. The summed E-state index contributed by atoms with van der Waals surface area (Å²) >= 11 is 0. The molecule has 2 aromatic heterocycles. The van der Waals surface area contributed by atoms with Crippen LogP contribution in [0.1, 0.15) is 21.3 Å². The second-order valence-electron chi connectivity index (χ2n) is 4.50. The van der Waals surface area contributed by atoms with Crippen LogP contribution in [0.4, 0.5) is 23.0 Å². The number of rotatable bonds is 3. The maximum atomic E-state index is 10.5. The second kappa shape index (κ2) is 14.3. The number of nitrogens with two attached hydrogens (primary N) is 1. The molecule has 152 valence electrons. The van der Waals surface area contributed by atoms with Gasteiger partial charge in [-0.2, -0.15) is 0 Å². The number of nitrogens with one attached hydrogen (secondary N) is 2. The van der Waals surface area contributed by atoms with Crippen molar-refractivity contribution >= 4 is 34.8 Å². The fourth-order valence-corrected chi connectivity index (χ4v) is 1.41. The van der Waals surface area contributed by atoms with Crippen LogP contribution in [0.25, 0.3) is 0 Å². The maximum absolute atomic E-state index is 10.5. The molecular formula is C16H23N6O4Pd-. The Kier molecular flexibility index (Phi) is 15.3. The van der Waals surface area contributed by atoms with E-state index in [0.29, 0.717) is 17.3 Å². The van der Waals surface area contributed by atoms with E-state index in [1.54, 1.807) is 12.1 Å². The van der Waals surface area contributed by atoms with Crippen molar-refractivity contribution in [3.8, 4) is 0 Å². The van der Waals surface area contributed by atoms with Crippen LogP contribution in [0, 0.1) is 17.5 Å². The van der Waals surface area contributed by atoms with Crippen LogP contribution in [0.2, 0.25) is 0 Å². The molecule has 0 unspecified atom stereocenters. The van der Waals surface area contributed by atoms with Crippen LogP contribution in [0.15, 0.2) is 36.7 Å². The first-order valence-electron chi connectivity index (χ1n) is 6.65. The molecule has 2 rings (SSSR count). The minimum Gasteiger partial charge on any atom is -0.397 e. The number of hydrogen-bond donors (Lipinski definition) is 3. The van der Waals surface area contributed by atoms with Gasteiger partial charge >= 0.3 is 0 Å². The van der Waals surface area contributed by atoms with Crippen LogP contribution < -0.4 is 16.4 Å². The summed E-state index contributed by atoms with van der Waals surface area (Å²) in [5.41, 5.74) is 5.86. The molecule has 2 amide bonds. The monoisotopic (exact) mass is 469 g/mol. The summed E-state index contributed by atoms with van der Waals surface area (Å²) in [6.07, 6.45) is 2.58. The minimum absolute atomic E-state index is 0. The average Bonchev–Trinajstić information content (AvgIpc) is 2.50. The van der Waals surface area contributed by atoms with Crippen molar-refractivity contribution in [3.63, 3.8) is 0 Å². The molecule has 0 bridgehead atoms. The molecular weight excluding hydrogens is 447 g/mol. The van der Waals surface area contributed by atoms with Crippen molar-refractivity contribution in [1.29, 1.82) is 0 Å². The van der Waals surface area contributed by atoms with Crippen molar-refractivity contribution in [2.24, 2.45) is 0 Å². The van der Waals surface area contributed by atoms with E-state index in [1.165, 1.54) is 32.2 Å². The molecule has 27 heavy (non-hydrogen) atoms. The number of nitrogen functional groups attached to an aromatic ring is 1. The topological polar surface area (TPSA) is 153 Å². The van der Waals surface area contributed by atoms with Crippen LogP contribution in [0.3, 0.4) is 0 Å². The molecule has 0 atom stereocenters. The third-order valence-corrected chi connectivity index (χ3v) is 2.35. The number of hydrogen-bond acceptors (Lipinski definition) is 7. The van der Waals surface area contributed by atoms with Crippen molar-refractivity contribution in [3.05, 3.63) is 54.2 Å². The number of carbonyl (C=O) groups is 2. The van der Waals surface area contributed by atoms with E-state index in [1.807, 2.05) is 0 Å². The van der Waals surface area contributed by atoms with E-state index >= 15 is 0 Å². The Labute approximate surface area is 171 Å². The molecule has 0 spiro atoms. The SMILES string of the molecule is C.CC(=O)Nc1ccc(N)cn1.CC(=O)Nc1ccc([N+](=O)[O-])cn1.[CH3-].[Pd]. The van der Waals surface area contributed by atoms with E-state index in [9.17, 15) is 19.7 Å². The number of pyridine rings is 2. The molecule has 4 N–H and O–H groups in total. The summed E-state index contributed by atoms with van der Waals surface area (Å²) in [7, 11) is 0. The normalized spacial score (nSPS) is 8.22. The Morgan fingerprint density at radius 3 is 1.74 bits per heavy atom. The van der Waals surface area contributed by atoms with Gasteiger partial charge in [0.05, 0.1) is 16.8 Å². The number of nitro groups is 1. The van der Waals surface area contributed by atoms with Gasteiger partial charge in [0, 0.05) is 40.3 Å². The summed E-state index contributed by atoms with van der Waals surface area (Å²) < 4.78 is 0. The standard InChI is InChI=1S/C7H7N3O3.C7H9N3O.CH4.CH3.Pd/c1-5(11)9-7-3-2-6(4-8-7)10(12)13;1-5(11)10-7-3-2-6(8)4-9-7;;;/h2-4H,1H3,(H,8,9,11);2-4H,8H2,1H3,(H,9,10,11);1H4;1H3;/q;;;-1;. The molecule has 10 nitrogen and oxygen atoms in total. The van der Waals surface area contributed by atoms with Gasteiger partial charge in [-0.25, -0.2) is 9.97 Å². The Hall–Kier alpha value is -2.90. The summed E-state index contributed by atoms with van der Waals surface area (Å²) in [6.45, 7) is 2.77. The van der Waals surface area contributed by atoms with Crippen molar-refractivity contribution in [2.75, 3.05) is 16.4 Å². The number of nitrogens with zero attached hydrogens (tertiary/aromatic N) is 3. The quantitative estimate of drug-likeness (QED) is 0.270. The predicted molar refractivity (Wildman–Crippen MR) is 101 cm³/mol. The molecule has 11 heteroatoms. The zero-order valence-corrected chi connectivity index (χ0v) is 15.9. The predicted octanol–water partition coefficient (Wildman–Crippen LogP) is 2.65. The smallest absolute Gasteiger partial charge is 0.287 e.